The van der Waals surface area contributed by atoms with Gasteiger partial charge in [-0.05, 0) is 49.3 Å². The second kappa shape index (κ2) is 8.37. The Balaban J connectivity index is 1.22. The van der Waals surface area contributed by atoms with E-state index in [1.165, 1.54) is 5.56 Å². The third kappa shape index (κ3) is 4.38. The van der Waals surface area contributed by atoms with E-state index in [9.17, 15) is 4.79 Å². The summed E-state index contributed by atoms with van der Waals surface area (Å²) in [7, 11) is 0. The molecule has 0 bridgehead atoms. The van der Waals surface area contributed by atoms with Crippen molar-refractivity contribution in [1.29, 1.82) is 0 Å². The fourth-order valence-electron chi connectivity index (χ4n) is 4.16. The first-order chi connectivity index (χ1) is 13.3. The van der Waals surface area contributed by atoms with Crippen LogP contribution in [-0.2, 0) is 0 Å². The number of hydrogen-bond acceptors (Lipinski definition) is 4. The SMILES string of the molecule is O=C(NC1CCC(c2ccccc2)CC1)N1CCN(c2cccnn2)CC1. The lowest BCUT2D eigenvalue weighted by atomic mass is 9.82. The molecule has 27 heavy (non-hydrogen) atoms. The van der Waals surface area contributed by atoms with Crippen LogP contribution < -0.4 is 10.2 Å². The number of nitrogens with one attached hydrogen (secondary N) is 1. The molecule has 1 aromatic carbocycles. The van der Waals surface area contributed by atoms with Crippen LogP contribution in [0.4, 0.5) is 10.6 Å². The summed E-state index contributed by atoms with van der Waals surface area (Å²) < 4.78 is 0. The summed E-state index contributed by atoms with van der Waals surface area (Å²) in [5.41, 5.74) is 1.43. The number of anilines is 1. The third-order valence-corrected chi connectivity index (χ3v) is 5.77. The average Bonchev–Trinajstić information content (AvgIpc) is 2.76. The molecule has 2 fully saturated rings. The monoisotopic (exact) mass is 365 g/mol. The molecule has 1 aromatic heterocycles. The summed E-state index contributed by atoms with van der Waals surface area (Å²) in [6.07, 6.45) is 6.10. The molecule has 6 nitrogen and oxygen atoms in total. The Kier molecular flexibility index (Phi) is 5.51. The molecule has 0 spiro atoms. The van der Waals surface area contributed by atoms with Crippen LogP contribution in [0, 0.1) is 0 Å². The molecule has 142 valence electrons. The van der Waals surface area contributed by atoms with E-state index in [0.29, 0.717) is 12.0 Å². The van der Waals surface area contributed by atoms with E-state index in [-0.39, 0.29) is 6.03 Å². The number of aromatic nitrogens is 2. The second-order valence-corrected chi connectivity index (χ2v) is 7.46. The number of hydrogen-bond donors (Lipinski definition) is 1. The van der Waals surface area contributed by atoms with Crippen LogP contribution in [0.2, 0.25) is 0 Å². The smallest absolute Gasteiger partial charge is 0.317 e. The van der Waals surface area contributed by atoms with Gasteiger partial charge in [-0.1, -0.05) is 30.3 Å². The highest BCUT2D eigenvalue weighted by Crippen LogP contribution is 2.32. The molecule has 1 saturated carbocycles. The van der Waals surface area contributed by atoms with Gasteiger partial charge in [-0.25, -0.2) is 4.79 Å². The zero-order valence-corrected chi connectivity index (χ0v) is 15.6. The molecule has 0 atom stereocenters. The molecule has 2 aromatic rings. The molecule has 1 N–H and O–H groups in total. The number of nitrogens with zero attached hydrogens (tertiary/aromatic N) is 4. The molecule has 0 radical (unpaired) electrons. The van der Waals surface area contributed by atoms with Gasteiger partial charge >= 0.3 is 6.03 Å². The maximum Gasteiger partial charge on any atom is 0.317 e. The van der Waals surface area contributed by atoms with Gasteiger partial charge in [0, 0.05) is 38.4 Å². The highest BCUT2D eigenvalue weighted by Gasteiger charge is 2.27. The van der Waals surface area contributed by atoms with Gasteiger partial charge in [0.1, 0.15) is 0 Å². The van der Waals surface area contributed by atoms with Crippen LogP contribution in [-0.4, -0.2) is 53.3 Å². The number of carbonyl (C=O) groups excluding carboxylic acids is 1. The standard InChI is InChI=1S/C21H27N5O/c27-21(26-15-13-25(14-16-26)20-7-4-12-22-24-20)23-19-10-8-18(9-11-19)17-5-2-1-3-6-17/h1-7,12,18-19H,8-11,13-16H2,(H,23,27). The molecule has 2 heterocycles. The predicted molar refractivity (Wildman–Crippen MR) is 106 cm³/mol. The van der Waals surface area contributed by atoms with Crippen LogP contribution in [0.1, 0.15) is 37.2 Å². The van der Waals surface area contributed by atoms with Crippen LogP contribution in [0.25, 0.3) is 0 Å². The quantitative estimate of drug-likeness (QED) is 0.908. The number of rotatable bonds is 3. The molecule has 2 amide bonds. The fourth-order valence-corrected chi connectivity index (χ4v) is 4.16. The lowest BCUT2D eigenvalue weighted by Crippen LogP contribution is -2.54. The van der Waals surface area contributed by atoms with E-state index in [0.717, 1.165) is 57.7 Å². The van der Waals surface area contributed by atoms with E-state index >= 15 is 0 Å². The van der Waals surface area contributed by atoms with Gasteiger partial charge in [-0.15, -0.1) is 5.10 Å². The van der Waals surface area contributed by atoms with E-state index in [4.69, 9.17) is 0 Å². The van der Waals surface area contributed by atoms with Gasteiger partial charge < -0.3 is 15.1 Å². The molecule has 1 aliphatic carbocycles. The lowest BCUT2D eigenvalue weighted by Gasteiger charge is -2.37. The molecule has 6 heteroatoms. The number of carbonyl (C=O) groups is 1. The average molecular weight is 365 g/mol. The first-order valence-corrected chi connectivity index (χ1v) is 9.92. The van der Waals surface area contributed by atoms with Crippen molar-refractivity contribution >= 4 is 11.8 Å². The zero-order valence-electron chi connectivity index (χ0n) is 15.6. The number of piperazine rings is 1. The molecule has 1 aliphatic heterocycles. The van der Waals surface area contributed by atoms with Crippen LogP contribution in [0.3, 0.4) is 0 Å². The highest BCUT2D eigenvalue weighted by atomic mass is 16.2. The summed E-state index contributed by atoms with van der Waals surface area (Å²) in [5, 5.41) is 11.3. The summed E-state index contributed by atoms with van der Waals surface area (Å²) in [6.45, 7) is 3.04. The normalized spacial score (nSPS) is 23.1. The minimum atomic E-state index is 0.0805. The van der Waals surface area contributed by atoms with Gasteiger partial charge in [0.15, 0.2) is 5.82 Å². The largest absolute Gasteiger partial charge is 0.352 e. The Morgan fingerprint density at radius 1 is 0.926 bits per heavy atom. The van der Waals surface area contributed by atoms with Crippen molar-refractivity contribution in [3.63, 3.8) is 0 Å². The predicted octanol–water partition coefficient (Wildman–Crippen LogP) is 3.03. The molecule has 0 unspecified atom stereocenters. The van der Waals surface area contributed by atoms with Crippen molar-refractivity contribution in [2.75, 3.05) is 31.1 Å². The van der Waals surface area contributed by atoms with E-state index in [1.54, 1.807) is 6.20 Å². The lowest BCUT2D eigenvalue weighted by molar-refractivity contribution is 0.185. The molecule has 4 rings (SSSR count). The minimum absolute atomic E-state index is 0.0805. The van der Waals surface area contributed by atoms with Crippen molar-refractivity contribution in [1.82, 2.24) is 20.4 Å². The van der Waals surface area contributed by atoms with E-state index in [2.05, 4.69) is 50.7 Å². The number of amides is 2. The first-order valence-electron chi connectivity index (χ1n) is 9.92. The van der Waals surface area contributed by atoms with E-state index < -0.39 is 0 Å². The maximum absolute atomic E-state index is 12.6. The molecular weight excluding hydrogens is 338 g/mol. The highest BCUT2D eigenvalue weighted by molar-refractivity contribution is 5.75. The molecular formula is C21H27N5O. The van der Waals surface area contributed by atoms with Gasteiger partial charge in [0.25, 0.3) is 0 Å². The second-order valence-electron chi connectivity index (χ2n) is 7.46. The van der Waals surface area contributed by atoms with Crippen molar-refractivity contribution in [2.45, 2.75) is 37.6 Å². The number of benzene rings is 1. The summed E-state index contributed by atoms with van der Waals surface area (Å²) in [4.78, 5) is 16.7. The summed E-state index contributed by atoms with van der Waals surface area (Å²) in [5.74, 6) is 1.52. The summed E-state index contributed by atoms with van der Waals surface area (Å²) >= 11 is 0. The minimum Gasteiger partial charge on any atom is -0.352 e. The van der Waals surface area contributed by atoms with Crippen molar-refractivity contribution < 1.29 is 4.79 Å². The van der Waals surface area contributed by atoms with Crippen LogP contribution >= 0.6 is 0 Å². The van der Waals surface area contributed by atoms with Crippen molar-refractivity contribution in [3.05, 3.63) is 54.2 Å². The fraction of sp³-hybridized carbons (Fsp3) is 0.476. The Morgan fingerprint density at radius 3 is 2.33 bits per heavy atom. The maximum atomic E-state index is 12.6. The zero-order chi connectivity index (χ0) is 18.5. The van der Waals surface area contributed by atoms with Crippen molar-refractivity contribution in [3.8, 4) is 0 Å². The van der Waals surface area contributed by atoms with Gasteiger partial charge in [-0.2, -0.15) is 5.10 Å². The first kappa shape index (κ1) is 17.8. The Bertz CT molecular complexity index is 723. The van der Waals surface area contributed by atoms with E-state index in [1.807, 2.05) is 17.0 Å². The third-order valence-electron chi connectivity index (χ3n) is 5.77. The Labute approximate surface area is 160 Å². The van der Waals surface area contributed by atoms with Crippen LogP contribution in [0.5, 0.6) is 0 Å². The number of urea groups is 1. The van der Waals surface area contributed by atoms with Gasteiger partial charge in [0.2, 0.25) is 0 Å². The Morgan fingerprint density at radius 2 is 1.67 bits per heavy atom. The van der Waals surface area contributed by atoms with Crippen LogP contribution in [0.15, 0.2) is 48.7 Å². The van der Waals surface area contributed by atoms with Crippen molar-refractivity contribution in [2.24, 2.45) is 0 Å². The molecule has 2 aliphatic rings. The van der Waals surface area contributed by atoms with Gasteiger partial charge in [0.05, 0.1) is 0 Å². The Hall–Kier alpha value is -2.63. The topological polar surface area (TPSA) is 61.4 Å². The molecule has 1 saturated heterocycles. The summed E-state index contributed by atoms with van der Waals surface area (Å²) in [6, 6.07) is 15.0. The van der Waals surface area contributed by atoms with Gasteiger partial charge in [-0.3, -0.25) is 0 Å².